The molecule has 0 amide bonds. The zero-order chi connectivity index (χ0) is 15.7. The Balaban J connectivity index is 0.00000144. The number of hydrogen-bond donors (Lipinski definition) is 1. The zero-order valence-corrected chi connectivity index (χ0v) is 16.3. The SMILES string of the molecule is COCN1c2cc(CS(=O)(=O)O)ccc2Sc2nccnc21.[H-].[Na+]. The van der Waals surface area contributed by atoms with Gasteiger partial charge in [-0.15, -0.1) is 0 Å². The molecule has 2 aromatic rings. The summed E-state index contributed by atoms with van der Waals surface area (Å²) >= 11 is 1.46. The Morgan fingerprint density at radius 3 is 2.78 bits per heavy atom. The van der Waals surface area contributed by atoms with Crippen LogP contribution in [0, 0.1) is 0 Å². The van der Waals surface area contributed by atoms with E-state index in [0.29, 0.717) is 11.4 Å². The molecule has 1 aliphatic rings. The molecule has 3 rings (SSSR count). The molecule has 0 fully saturated rings. The van der Waals surface area contributed by atoms with Gasteiger partial charge in [-0.1, -0.05) is 17.8 Å². The monoisotopic (exact) mass is 363 g/mol. The molecule has 1 aromatic heterocycles. The fourth-order valence-electron chi connectivity index (χ4n) is 2.21. The first-order valence-electron chi connectivity index (χ1n) is 6.31. The van der Waals surface area contributed by atoms with Crippen molar-refractivity contribution in [3.8, 4) is 0 Å². The van der Waals surface area contributed by atoms with Crippen molar-refractivity contribution in [3.63, 3.8) is 0 Å². The van der Waals surface area contributed by atoms with E-state index in [4.69, 9.17) is 9.29 Å². The van der Waals surface area contributed by atoms with Crippen LogP contribution in [-0.2, 0) is 20.6 Å². The second kappa shape index (κ2) is 7.47. The van der Waals surface area contributed by atoms with E-state index in [9.17, 15) is 8.42 Å². The summed E-state index contributed by atoms with van der Waals surface area (Å²) in [5, 5.41) is 0.759. The van der Waals surface area contributed by atoms with E-state index in [-0.39, 0.29) is 37.7 Å². The minimum atomic E-state index is -4.08. The molecule has 0 saturated carbocycles. The number of anilines is 2. The van der Waals surface area contributed by atoms with Crippen molar-refractivity contribution >= 4 is 33.4 Å². The molecule has 1 aromatic carbocycles. The fourth-order valence-corrected chi connectivity index (χ4v) is 3.80. The Labute approximate surface area is 162 Å². The number of methoxy groups -OCH3 is 1. The molecule has 10 heteroatoms. The summed E-state index contributed by atoms with van der Waals surface area (Å²) in [6.45, 7) is 0.259. The maximum absolute atomic E-state index is 11.1. The smallest absolute Gasteiger partial charge is 1.00 e. The van der Waals surface area contributed by atoms with Gasteiger partial charge in [0.05, 0.1) is 5.69 Å². The topological polar surface area (TPSA) is 92.6 Å². The molecule has 1 aliphatic heterocycles. The predicted octanol–water partition coefficient (Wildman–Crippen LogP) is -0.812. The van der Waals surface area contributed by atoms with Crippen LogP contribution in [0.5, 0.6) is 0 Å². The van der Waals surface area contributed by atoms with Crippen molar-refractivity contribution in [1.82, 2.24) is 9.97 Å². The number of rotatable bonds is 4. The van der Waals surface area contributed by atoms with Gasteiger partial charge in [-0.25, -0.2) is 9.97 Å². The summed E-state index contributed by atoms with van der Waals surface area (Å²) in [7, 11) is -2.51. The quantitative estimate of drug-likeness (QED) is 0.557. The first-order valence-corrected chi connectivity index (χ1v) is 8.74. The van der Waals surface area contributed by atoms with Crippen LogP contribution in [0.2, 0.25) is 0 Å². The standard InChI is InChI=1S/C13H13N3O4S2.Na.H/c1-20-8-16-10-6-9(7-22(17,18)19)2-3-11(10)21-13-12(16)14-4-5-15-13;;/h2-6H,7-8H2,1H3,(H,17,18,19);;/q;+1;-1. The molecule has 0 bridgehead atoms. The van der Waals surface area contributed by atoms with Gasteiger partial charge in [-0.3, -0.25) is 9.45 Å². The average molecular weight is 363 g/mol. The first-order chi connectivity index (χ1) is 10.5. The van der Waals surface area contributed by atoms with Gasteiger partial charge < -0.3 is 6.16 Å². The summed E-state index contributed by atoms with van der Waals surface area (Å²) in [5.41, 5.74) is 1.27. The number of benzene rings is 1. The van der Waals surface area contributed by atoms with Gasteiger partial charge >= 0.3 is 29.6 Å². The van der Waals surface area contributed by atoms with Crippen molar-refractivity contribution < 1.29 is 48.7 Å². The van der Waals surface area contributed by atoms with E-state index in [1.54, 1.807) is 37.7 Å². The van der Waals surface area contributed by atoms with Gasteiger partial charge in [0.25, 0.3) is 10.1 Å². The molecule has 0 spiro atoms. The maximum atomic E-state index is 11.1. The largest absolute Gasteiger partial charge is 1.00 e. The van der Waals surface area contributed by atoms with Crippen molar-refractivity contribution in [2.45, 2.75) is 15.7 Å². The zero-order valence-electron chi connectivity index (χ0n) is 13.6. The second-order valence-corrected chi connectivity index (χ2v) is 7.14. The summed E-state index contributed by atoms with van der Waals surface area (Å²) < 4.78 is 36.4. The molecule has 118 valence electrons. The summed E-state index contributed by atoms with van der Waals surface area (Å²) in [4.78, 5) is 11.4. The van der Waals surface area contributed by atoms with E-state index in [0.717, 1.165) is 15.6 Å². The molecule has 2 heterocycles. The molecule has 0 atom stereocenters. The summed E-state index contributed by atoms with van der Waals surface area (Å²) in [6.07, 6.45) is 3.21. The Kier molecular flexibility index (Phi) is 6.06. The Morgan fingerprint density at radius 2 is 2.09 bits per heavy atom. The molecule has 0 radical (unpaired) electrons. The van der Waals surface area contributed by atoms with Crippen LogP contribution < -0.4 is 34.5 Å². The number of ether oxygens (including phenoxy) is 1. The Bertz CT molecular complexity index is 823. The van der Waals surface area contributed by atoms with Crippen molar-refractivity contribution in [2.75, 3.05) is 18.7 Å². The number of aromatic nitrogens is 2. The predicted molar refractivity (Wildman–Crippen MR) is 83.0 cm³/mol. The van der Waals surface area contributed by atoms with Gasteiger partial charge in [-0.05, 0) is 17.7 Å². The Morgan fingerprint density at radius 1 is 1.35 bits per heavy atom. The minimum Gasteiger partial charge on any atom is -1.00 e. The Hall–Kier alpha value is -0.680. The molecule has 0 aliphatic carbocycles. The molecule has 23 heavy (non-hydrogen) atoms. The maximum Gasteiger partial charge on any atom is 1.00 e. The van der Waals surface area contributed by atoms with Crippen LogP contribution in [-0.4, -0.2) is 36.8 Å². The van der Waals surface area contributed by atoms with E-state index in [2.05, 4.69) is 9.97 Å². The van der Waals surface area contributed by atoms with Gasteiger partial charge in [0.1, 0.15) is 17.5 Å². The third-order valence-corrected chi connectivity index (χ3v) is 4.77. The second-order valence-electron chi connectivity index (χ2n) is 4.66. The van der Waals surface area contributed by atoms with Gasteiger partial charge in [0.2, 0.25) is 0 Å². The summed E-state index contributed by atoms with van der Waals surface area (Å²) in [5.74, 6) is 0.227. The van der Waals surface area contributed by atoms with Crippen molar-refractivity contribution in [2.24, 2.45) is 0 Å². The van der Waals surface area contributed by atoms with Crippen LogP contribution in [0.3, 0.4) is 0 Å². The number of fused-ring (bicyclic) bond motifs is 2. The third kappa shape index (κ3) is 4.24. The van der Waals surface area contributed by atoms with Gasteiger partial charge in [0.15, 0.2) is 5.82 Å². The van der Waals surface area contributed by atoms with Crippen molar-refractivity contribution in [1.29, 1.82) is 0 Å². The van der Waals surface area contributed by atoms with Crippen molar-refractivity contribution in [3.05, 3.63) is 36.2 Å². The van der Waals surface area contributed by atoms with Crippen LogP contribution in [0.1, 0.15) is 6.99 Å². The fraction of sp³-hybridized carbons (Fsp3) is 0.231. The molecule has 0 unspecified atom stereocenters. The third-order valence-electron chi connectivity index (χ3n) is 3.03. The number of hydrogen-bond acceptors (Lipinski definition) is 7. The molecule has 0 saturated heterocycles. The van der Waals surface area contributed by atoms with Gasteiger partial charge in [-0.2, -0.15) is 8.42 Å². The minimum absolute atomic E-state index is 0. The van der Waals surface area contributed by atoms with Crippen LogP contribution in [0.4, 0.5) is 11.5 Å². The average Bonchev–Trinajstić information content (AvgIpc) is 2.46. The molecular formula is C13H14N3NaO4S2. The normalized spacial score (nSPS) is 13.0. The van der Waals surface area contributed by atoms with Gasteiger partial charge in [0, 0.05) is 24.4 Å². The van der Waals surface area contributed by atoms with E-state index >= 15 is 0 Å². The van der Waals surface area contributed by atoms with Crippen LogP contribution in [0.25, 0.3) is 0 Å². The first kappa shape index (κ1) is 18.7. The summed E-state index contributed by atoms with van der Waals surface area (Å²) in [6, 6.07) is 5.19. The van der Waals surface area contributed by atoms with E-state index < -0.39 is 15.9 Å². The van der Waals surface area contributed by atoms with Crippen LogP contribution >= 0.6 is 11.8 Å². The number of nitrogens with zero attached hydrogens (tertiary/aromatic N) is 3. The van der Waals surface area contributed by atoms with E-state index in [1.807, 2.05) is 4.90 Å². The molecule has 1 N–H and O–H groups in total. The van der Waals surface area contributed by atoms with Crippen LogP contribution in [0.15, 0.2) is 40.5 Å². The van der Waals surface area contributed by atoms with E-state index in [1.165, 1.54) is 11.8 Å². The molecule has 7 nitrogen and oxygen atoms in total. The molecular weight excluding hydrogens is 349 g/mol.